The molecule has 36 heavy (non-hydrogen) atoms. The van der Waals surface area contributed by atoms with Crippen LogP contribution in [-0.4, -0.2) is 42.3 Å². The Kier molecular flexibility index (Phi) is 31.3. The van der Waals surface area contributed by atoms with Crippen LogP contribution in [0.25, 0.3) is 16.0 Å². The third-order valence-corrected chi connectivity index (χ3v) is 4.11. The maximum absolute atomic E-state index is 3.50. The molecule has 1 aliphatic carbocycles. The van der Waals surface area contributed by atoms with Crippen LogP contribution in [0.15, 0.2) is 103 Å². The van der Waals surface area contributed by atoms with Crippen molar-refractivity contribution in [2.24, 2.45) is 5.41 Å². The first-order chi connectivity index (χ1) is 16.9. The van der Waals surface area contributed by atoms with Crippen molar-refractivity contribution in [1.82, 2.24) is 0 Å². The van der Waals surface area contributed by atoms with Crippen LogP contribution in [0.2, 0.25) is 0 Å². The van der Waals surface area contributed by atoms with E-state index in [0.29, 0.717) is 0 Å². The minimum atomic E-state index is 0. The summed E-state index contributed by atoms with van der Waals surface area (Å²) in [6, 6.07) is 21.0. The first-order valence-electron chi connectivity index (χ1n) is 12.0. The second-order valence-corrected chi connectivity index (χ2v) is 8.40. The van der Waals surface area contributed by atoms with E-state index in [4.69, 9.17) is 0 Å². The molecule has 0 aromatic heterocycles. The number of nitrogens with zero attached hydrogens (tertiary/aromatic N) is 3. The summed E-state index contributed by atoms with van der Waals surface area (Å²) in [7, 11) is 10.5. The van der Waals surface area contributed by atoms with Crippen molar-refractivity contribution in [3.63, 3.8) is 0 Å². The van der Waals surface area contributed by atoms with E-state index in [1.54, 1.807) is 42.3 Å². The summed E-state index contributed by atoms with van der Waals surface area (Å²) in [5, 5.41) is 10.5. The molecule has 0 heterocycles. The van der Waals surface area contributed by atoms with Gasteiger partial charge in [0.25, 0.3) is 0 Å². The van der Waals surface area contributed by atoms with Gasteiger partial charge in [-0.15, -0.1) is 0 Å². The molecule has 3 nitrogen and oxygen atoms in total. The molecule has 0 saturated heterocycles. The van der Waals surface area contributed by atoms with Crippen molar-refractivity contribution in [2.45, 2.75) is 33.1 Å². The van der Waals surface area contributed by atoms with Gasteiger partial charge in [0.1, 0.15) is 0 Å². The van der Waals surface area contributed by atoms with E-state index in [1.165, 1.54) is 11.1 Å². The molecular formula is C32H47N3Ti. The van der Waals surface area contributed by atoms with Crippen molar-refractivity contribution < 1.29 is 21.7 Å². The molecule has 0 aliphatic heterocycles. The zero-order valence-corrected chi connectivity index (χ0v) is 25.3. The molecule has 2 aromatic carbocycles. The van der Waals surface area contributed by atoms with Gasteiger partial charge in [-0.3, -0.25) is 6.08 Å². The van der Waals surface area contributed by atoms with Gasteiger partial charge < -0.3 is 16.0 Å². The zero-order chi connectivity index (χ0) is 26.6. The smallest absolute Gasteiger partial charge is 0.668 e. The standard InChI is InChI=1S/C18H18.C8H11.3C2H6N.Ti/c1(5-11-17-13-7-3-8-14-17)2-6-12-18-15-9-4-10-16-18;1-8(2)6-4-3-5-7-8;3*1-3-2;/h1-10,13-16H,11-12H2;3-5H,6H2,1-2H3;3*1-2H3;/q;4*-1;+4. The summed E-state index contributed by atoms with van der Waals surface area (Å²) < 4.78 is 0. The van der Waals surface area contributed by atoms with Gasteiger partial charge in [0.2, 0.25) is 0 Å². The number of hydrogen-bond acceptors (Lipinski definition) is 0. The number of rotatable bonds is 5. The van der Waals surface area contributed by atoms with E-state index in [1.807, 2.05) is 24.3 Å². The minimum absolute atomic E-state index is 0. The predicted molar refractivity (Wildman–Crippen MR) is 160 cm³/mol. The van der Waals surface area contributed by atoms with Crippen LogP contribution >= 0.6 is 0 Å². The Morgan fingerprint density at radius 1 is 0.694 bits per heavy atom. The van der Waals surface area contributed by atoms with Gasteiger partial charge >= 0.3 is 21.7 Å². The van der Waals surface area contributed by atoms with Crippen molar-refractivity contribution >= 4 is 0 Å². The molecule has 0 fully saturated rings. The first kappa shape index (κ1) is 38.5. The summed E-state index contributed by atoms with van der Waals surface area (Å²) in [5.41, 5.74) is 2.99. The van der Waals surface area contributed by atoms with Crippen LogP contribution in [0, 0.1) is 11.5 Å². The fraction of sp³-hybridized carbons (Fsp3) is 0.375. The number of hydrogen-bond donors (Lipinski definition) is 0. The second-order valence-electron chi connectivity index (χ2n) is 8.40. The van der Waals surface area contributed by atoms with Crippen LogP contribution in [0.5, 0.6) is 0 Å². The Balaban J connectivity index is -0.000000503. The van der Waals surface area contributed by atoms with E-state index >= 15 is 0 Å². The minimum Gasteiger partial charge on any atom is -0.668 e. The average Bonchev–Trinajstić information content (AvgIpc) is 2.84. The largest absolute Gasteiger partial charge is 4.00 e. The molecular weight excluding hydrogens is 474 g/mol. The molecule has 194 valence electrons. The van der Waals surface area contributed by atoms with Gasteiger partial charge in [0.05, 0.1) is 0 Å². The Labute approximate surface area is 238 Å². The maximum atomic E-state index is 3.50. The van der Waals surface area contributed by atoms with Crippen LogP contribution in [-0.2, 0) is 34.6 Å². The third-order valence-electron chi connectivity index (χ3n) is 4.11. The molecule has 2 aromatic rings. The van der Waals surface area contributed by atoms with Crippen molar-refractivity contribution in [2.75, 3.05) is 42.3 Å². The van der Waals surface area contributed by atoms with E-state index in [0.717, 1.165) is 19.3 Å². The monoisotopic (exact) mass is 521 g/mol. The van der Waals surface area contributed by atoms with Gasteiger partial charge in [0, 0.05) is 0 Å². The van der Waals surface area contributed by atoms with Crippen molar-refractivity contribution in [3.8, 4) is 0 Å². The van der Waals surface area contributed by atoms with E-state index in [-0.39, 0.29) is 27.1 Å². The molecule has 0 unspecified atom stereocenters. The maximum Gasteiger partial charge on any atom is 4.00 e. The fourth-order valence-electron chi connectivity index (χ4n) is 2.56. The Bertz CT molecular complexity index is 740. The molecule has 0 radical (unpaired) electrons. The molecule has 0 atom stereocenters. The number of allylic oxidation sites excluding steroid dienone is 8. The molecule has 4 heteroatoms. The summed E-state index contributed by atoms with van der Waals surface area (Å²) in [4.78, 5) is 0. The molecule has 0 spiro atoms. The molecule has 1 aliphatic rings. The number of benzene rings is 2. The predicted octanol–water partition coefficient (Wildman–Crippen LogP) is 8.77. The Morgan fingerprint density at radius 2 is 1.06 bits per heavy atom. The average molecular weight is 522 g/mol. The van der Waals surface area contributed by atoms with Crippen LogP contribution < -0.4 is 0 Å². The van der Waals surface area contributed by atoms with Crippen LogP contribution in [0.1, 0.15) is 31.4 Å². The SMILES string of the molecule is C(C=CCc1ccccc1)=CCc1ccccc1.CC1(C)[C-]=CC=CC1.C[N-]C.C[N-]C.C[N-]C.[Ti+4]. The molecule has 0 bridgehead atoms. The summed E-state index contributed by atoms with van der Waals surface area (Å²) in [5.74, 6) is 0. The Hall–Kier alpha value is -2.01. The topological polar surface area (TPSA) is 42.3 Å². The van der Waals surface area contributed by atoms with Crippen molar-refractivity contribution in [3.05, 3.63) is 136 Å². The third kappa shape index (κ3) is 28.2. The molecule has 0 amide bonds. The van der Waals surface area contributed by atoms with Gasteiger partial charge in [0.15, 0.2) is 0 Å². The quantitative estimate of drug-likeness (QED) is 0.214. The first-order valence-corrected chi connectivity index (χ1v) is 12.0. The molecule has 0 N–H and O–H groups in total. The van der Waals surface area contributed by atoms with E-state index < -0.39 is 0 Å². The van der Waals surface area contributed by atoms with Gasteiger partial charge in [-0.1, -0.05) is 111 Å². The summed E-state index contributed by atoms with van der Waals surface area (Å²) >= 11 is 0. The van der Waals surface area contributed by atoms with E-state index in [2.05, 4.69) is 115 Å². The summed E-state index contributed by atoms with van der Waals surface area (Å²) in [6.45, 7) is 4.38. The fourth-order valence-corrected chi connectivity index (χ4v) is 2.56. The summed E-state index contributed by atoms with van der Waals surface area (Å²) in [6.07, 6.45) is 21.2. The molecule has 3 rings (SSSR count). The van der Waals surface area contributed by atoms with Gasteiger partial charge in [-0.05, 0) is 24.0 Å². The van der Waals surface area contributed by atoms with Gasteiger partial charge in [-0.25, -0.2) is 12.2 Å². The van der Waals surface area contributed by atoms with Crippen LogP contribution in [0.3, 0.4) is 0 Å². The van der Waals surface area contributed by atoms with Crippen LogP contribution in [0.4, 0.5) is 0 Å². The Morgan fingerprint density at radius 3 is 1.31 bits per heavy atom. The second kappa shape index (κ2) is 29.2. The molecule has 0 saturated carbocycles. The van der Waals surface area contributed by atoms with Crippen molar-refractivity contribution in [1.29, 1.82) is 0 Å². The van der Waals surface area contributed by atoms with E-state index in [9.17, 15) is 0 Å². The normalized spacial score (nSPS) is 12.4. The van der Waals surface area contributed by atoms with Gasteiger partial charge in [-0.2, -0.15) is 48.4 Å². The zero-order valence-electron chi connectivity index (χ0n) is 23.8.